The van der Waals surface area contributed by atoms with Crippen LogP contribution in [0, 0.1) is 5.82 Å². The van der Waals surface area contributed by atoms with Gasteiger partial charge in [0.25, 0.3) is 11.8 Å². The van der Waals surface area contributed by atoms with Gasteiger partial charge in [0.2, 0.25) is 5.91 Å². The van der Waals surface area contributed by atoms with Gasteiger partial charge in [-0.2, -0.15) is 8.78 Å². The molecular formula is C30H34Cl2F3N6O5+. The lowest BCUT2D eigenvalue weighted by molar-refractivity contribution is -0.861. The van der Waals surface area contributed by atoms with E-state index in [1.165, 1.54) is 42.1 Å². The molecule has 1 atom stereocenters. The molecule has 2 heterocycles. The first-order chi connectivity index (χ1) is 21.8. The fourth-order valence-corrected chi connectivity index (χ4v) is 5.56. The molecule has 2 aromatic carbocycles. The normalized spacial score (nSPS) is 14.2. The molecule has 0 aliphatic carbocycles. The number of rotatable bonds is 11. The zero-order valence-corrected chi connectivity index (χ0v) is 26.8. The van der Waals surface area contributed by atoms with Crippen molar-refractivity contribution in [3.63, 3.8) is 0 Å². The molecule has 1 aliphatic heterocycles. The molecule has 1 aromatic heterocycles. The summed E-state index contributed by atoms with van der Waals surface area (Å²) in [5.74, 6) is -2.70. The SMILES string of the molecule is Cn1c(-c2ccc(OC(F)F)c(Cl)c2F)cnc1C(=O)Nc1ccc(C(=O)N2CCN(C(=O)CC[C@@H](O)C[NH+](C)C)CC2)c(Cl)c1. The Morgan fingerprint density at radius 3 is 2.39 bits per heavy atom. The van der Waals surface area contributed by atoms with E-state index in [0.717, 1.165) is 11.0 Å². The van der Waals surface area contributed by atoms with Crippen molar-refractivity contribution in [3.05, 3.63) is 63.8 Å². The fourth-order valence-electron chi connectivity index (χ4n) is 5.09. The summed E-state index contributed by atoms with van der Waals surface area (Å²) in [5, 5.41) is 12.1. The van der Waals surface area contributed by atoms with Gasteiger partial charge in [-0.15, -0.1) is 0 Å². The molecule has 16 heteroatoms. The number of aliphatic hydroxyl groups excluding tert-OH is 1. The van der Waals surface area contributed by atoms with Crippen molar-refractivity contribution < 1.29 is 42.3 Å². The van der Waals surface area contributed by atoms with E-state index in [0.29, 0.717) is 39.1 Å². The van der Waals surface area contributed by atoms with Gasteiger partial charge in [-0.1, -0.05) is 23.2 Å². The maximum Gasteiger partial charge on any atom is 0.387 e. The molecule has 3 N–H and O–H groups in total. The first-order valence-corrected chi connectivity index (χ1v) is 15.1. The predicted molar refractivity (Wildman–Crippen MR) is 165 cm³/mol. The number of likely N-dealkylation sites (N-methyl/N-ethyl adjacent to an activating group) is 1. The van der Waals surface area contributed by atoms with E-state index in [1.54, 1.807) is 9.80 Å². The summed E-state index contributed by atoms with van der Waals surface area (Å²) in [4.78, 5) is 47.2. The third kappa shape index (κ3) is 8.29. The van der Waals surface area contributed by atoms with Crippen molar-refractivity contribution in [3.8, 4) is 17.0 Å². The zero-order valence-electron chi connectivity index (χ0n) is 25.3. The third-order valence-corrected chi connectivity index (χ3v) is 8.11. The minimum Gasteiger partial charge on any atom is -0.433 e. The van der Waals surface area contributed by atoms with Gasteiger partial charge in [0.05, 0.1) is 36.6 Å². The van der Waals surface area contributed by atoms with Crippen LogP contribution in [0.25, 0.3) is 11.3 Å². The summed E-state index contributed by atoms with van der Waals surface area (Å²) in [6, 6.07) is 6.67. The van der Waals surface area contributed by atoms with E-state index in [2.05, 4.69) is 15.0 Å². The molecule has 0 unspecified atom stereocenters. The molecule has 1 aliphatic rings. The van der Waals surface area contributed by atoms with Gasteiger partial charge < -0.3 is 34.4 Å². The smallest absolute Gasteiger partial charge is 0.387 e. The van der Waals surface area contributed by atoms with Crippen LogP contribution < -0.4 is 15.0 Å². The van der Waals surface area contributed by atoms with E-state index in [1.807, 2.05) is 14.1 Å². The first kappa shape index (κ1) is 35.0. The van der Waals surface area contributed by atoms with E-state index in [-0.39, 0.29) is 51.6 Å². The van der Waals surface area contributed by atoms with Gasteiger partial charge >= 0.3 is 6.61 Å². The minimum atomic E-state index is -3.19. The number of aromatic nitrogens is 2. The van der Waals surface area contributed by atoms with Gasteiger partial charge in [-0.05, 0) is 36.8 Å². The number of benzene rings is 2. The van der Waals surface area contributed by atoms with Gasteiger partial charge in [0.1, 0.15) is 23.4 Å². The highest BCUT2D eigenvalue weighted by atomic mass is 35.5. The number of halogens is 5. The van der Waals surface area contributed by atoms with E-state index >= 15 is 0 Å². The van der Waals surface area contributed by atoms with Gasteiger partial charge in [0.15, 0.2) is 11.6 Å². The molecule has 3 aromatic rings. The first-order valence-electron chi connectivity index (χ1n) is 14.4. The number of piperazine rings is 1. The van der Waals surface area contributed by atoms with Crippen LogP contribution in [0.5, 0.6) is 5.75 Å². The van der Waals surface area contributed by atoms with E-state index in [4.69, 9.17) is 23.2 Å². The quantitative estimate of drug-likeness (QED) is 0.286. The highest BCUT2D eigenvalue weighted by Crippen LogP contribution is 2.35. The Morgan fingerprint density at radius 1 is 1.09 bits per heavy atom. The number of aliphatic hydroxyl groups is 1. The van der Waals surface area contributed by atoms with Crippen LogP contribution in [0.4, 0.5) is 18.9 Å². The van der Waals surface area contributed by atoms with Crippen molar-refractivity contribution >= 4 is 46.6 Å². The Kier molecular flexibility index (Phi) is 11.5. The van der Waals surface area contributed by atoms with Crippen LogP contribution in [-0.2, 0) is 11.8 Å². The molecule has 248 valence electrons. The number of nitrogens with zero attached hydrogens (tertiary/aromatic N) is 4. The lowest BCUT2D eigenvalue weighted by Crippen LogP contribution is -3.07. The molecule has 4 rings (SSSR count). The number of imidazole rings is 1. The Balaban J connectivity index is 1.36. The van der Waals surface area contributed by atoms with Crippen molar-refractivity contribution in [2.45, 2.75) is 25.6 Å². The number of hydrogen-bond acceptors (Lipinski definition) is 6. The summed E-state index contributed by atoms with van der Waals surface area (Å²) < 4.78 is 45.5. The molecule has 0 spiro atoms. The minimum absolute atomic E-state index is 0.0656. The standard InChI is InChI=1S/C30H33Cl2F3N6O5/c1-38(2)16-18(42)5-9-24(43)40-10-12-41(13-11-40)29(45)19-6-4-17(14-21(19)31)37-28(44)27-36-15-22(39(27)3)20-7-8-23(46-30(34)35)25(32)26(20)33/h4,6-8,14-15,18,30,42H,5,9-13,16H2,1-3H3,(H,37,44)/p+1/t18-/m1/s1. The summed E-state index contributed by atoms with van der Waals surface area (Å²) in [7, 11) is 5.32. The Hall–Kier alpha value is -3.85. The van der Waals surface area contributed by atoms with Crippen molar-refractivity contribution in [1.82, 2.24) is 19.4 Å². The molecule has 11 nitrogen and oxygen atoms in total. The summed E-state index contributed by atoms with van der Waals surface area (Å²) in [6.07, 6.45) is 1.29. The highest BCUT2D eigenvalue weighted by molar-refractivity contribution is 6.34. The average Bonchev–Trinajstić information content (AvgIpc) is 3.38. The molecule has 0 bridgehead atoms. The average molecular weight is 687 g/mol. The third-order valence-electron chi connectivity index (χ3n) is 7.44. The van der Waals surface area contributed by atoms with Crippen LogP contribution >= 0.6 is 23.2 Å². The number of quaternary nitrogens is 1. The lowest BCUT2D eigenvalue weighted by Gasteiger charge is -2.35. The molecule has 3 amide bonds. The monoisotopic (exact) mass is 685 g/mol. The number of anilines is 1. The second-order valence-corrected chi connectivity index (χ2v) is 11.9. The Morgan fingerprint density at radius 2 is 1.76 bits per heavy atom. The molecule has 46 heavy (non-hydrogen) atoms. The topological polar surface area (TPSA) is 121 Å². The van der Waals surface area contributed by atoms with Gasteiger partial charge in [-0.25, -0.2) is 9.37 Å². The van der Waals surface area contributed by atoms with Crippen molar-refractivity contribution in [2.75, 3.05) is 52.1 Å². The van der Waals surface area contributed by atoms with Crippen LogP contribution in [0.2, 0.25) is 10.0 Å². The van der Waals surface area contributed by atoms with Crippen LogP contribution in [-0.4, -0.2) is 102 Å². The second kappa shape index (κ2) is 15.2. The van der Waals surface area contributed by atoms with Crippen LogP contribution in [0.1, 0.15) is 33.8 Å². The summed E-state index contributed by atoms with van der Waals surface area (Å²) in [6.45, 7) is -1.27. The Labute approximate surface area is 273 Å². The fraction of sp³-hybridized carbons (Fsp3) is 0.400. The number of carbonyl (C=O) groups excluding carboxylic acids is 3. The number of alkyl halides is 2. The largest absolute Gasteiger partial charge is 0.433 e. The van der Waals surface area contributed by atoms with Gasteiger partial charge in [0, 0.05) is 50.9 Å². The maximum atomic E-state index is 14.9. The lowest BCUT2D eigenvalue weighted by atomic mass is 10.1. The zero-order chi connectivity index (χ0) is 33.7. The summed E-state index contributed by atoms with van der Waals surface area (Å²) in [5.41, 5.74) is 0.556. The molecule has 0 radical (unpaired) electrons. The number of carbonyl (C=O) groups is 3. The molecule has 1 fully saturated rings. The van der Waals surface area contributed by atoms with Crippen LogP contribution in [0.15, 0.2) is 36.5 Å². The van der Waals surface area contributed by atoms with E-state index < -0.39 is 35.2 Å². The molecule has 1 saturated heterocycles. The van der Waals surface area contributed by atoms with Crippen molar-refractivity contribution in [1.29, 1.82) is 0 Å². The summed E-state index contributed by atoms with van der Waals surface area (Å²) >= 11 is 12.3. The number of amides is 3. The highest BCUT2D eigenvalue weighted by Gasteiger charge is 2.27. The number of nitrogens with one attached hydrogen (secondary N) is 2. The number of hydrogen-bond donors (Lipinski definition) is 3. The maximum absolute atomic E-state index is 14.9. The number of ether oxygens (including phenoxy) is 1. The predicted octanol–water partition coefficient (Wildman–Crippen LogP) is 2.96. The van der Waals surface area contributed by atoms with E-state index in [9.17, 15) is 32.7 Å². The Bertz CT molecular complexity index is 1600. The molecular weight excluding hydrogens is 652 g/mol. The van der Waals surface area contributed by atoms with Gasteiger partial charge in [-0.3, -0.25) is 14.4 Å². The second-order valence-electron chi connectivity index (χ2n) is 11.1. The van der Waals surface area contributed by atoms with Crippen LogP contribution in [0.3, 0.4) is 0 Å². The molecule has 0 saturated carbocycles. The van der Waals surface area contributed by atoms with Crippen molar-refractivity contribution in [2.24, 2.45) is 7.05 Å².